The molecule has 0 aliphatic heterocycles. The van der Waals surface area contributed by atoms with Gasteiger partial charge in [-0.2, -0.15) is 5.10 Å². The first-order valence-electron chi connectivity index (χ1n) is 12.8. The third kappa shape index (κ3) is 8.78. The number of hydrogen-bond acceptors (Lipinski definition) is 10. The van der Waals surface area contributed by atoms with Gasteiger partial charge >= 0.3 is 5.97 Å². The first-order valence-corrected chi connectivity index (χ1v) is 12.8. The molecular formula is C29H30N4O9. The molecule has 0 saturated heterocycles. The molecule has 0 bridgehead atoms. The summed E-state index contributed by atoms with van der Waals surface area (Å²) >= 11 is 0. The second-order valence-electron chi connectivity index (χ2n) is 8.56. The maximum Gasteiger partial charge on any atom is 0.343 e. The van der Waals surface area contributed by atoms with E-state index in [0.29, 0.717) is 35.8 Å². The molecule has 0 aliphatic rings. The standard InChI is InChI=1S/C29H30N4O9/c1-4-41-26-15-19(10-12-24(26)42-29(36)21-11-13-23(39-2)25(17-21)40-3)18-31-32-27(34)9-6-14-30-28(35)20-7-5-8-22(16-20)33(37)38/h5,7-8,10-13,15-18H,4,6,9,14H2,1-3H3,(H,30,35)(H,32,34)/b31-18+. The number of esters is 1. The topological polar surface area (TPSA) is 168 Å². The van der Waals surface area contributed by atoms with Crippen molar-refractivity contribution in [3.05, 3.63) is 87.5 Å². The predicted octanol–water partition coefficient (Wildman–Crippen LogP) is 3.89. The number of non-ortho nitro benzene ring substituents is 1. The molecule has 0 radical (unpaired) electrons. The summed E-state index contributed by atoms with van der Waals surface area (Å²) in [6.45, 7) is 2.29. The lowest BCUT2D eigenvalue weighted by Crippen LogP contribution is -2.26. The molecule has 0 saturated carbocycles. The van der Waals surface area contributed by atoms with E-state index in [0.717, 1.165) is 0 Å². The molecule has 13 nitrogen and oxygen atoms in total. The van der Waals surface area contributed by atoms with Crippen molar-refractivity contribution in [2.75, 3.05) is 27.4 Å². The quantitative estimate of drug-likeness (QED) is 0.0720. The molecule has 0 aliphatic carbocycles. The van der Waals surface area contributed by atoms with Crippen LogP contribution in [0.3, 0.4) is 0 Å². The van der Waals surface area contributed by atoms with E-state index in [9.17, 15) is 24.5 Å². The molecular weight excluding hydrogens is 548 g/mol. The molecule has 2 amide bonds. The maximum absolute atomic E-state index is 12.7. The molecule has 0 heterocycles. The molecule has 220 valence electrons. The molecule has 3 aromatic rings. The van der Waals surface area contributed by atoms with E-state index >= 15 is 0 Å². The fourth-order valence-electron chi connectivity index (χ4n) is 3.63. The number of carbonyl (C=O) groups is 3. The lowest BCUT2D eigenvalue weighted by molar-refractivity contribution is -0.384. The normalized spacial score (nSPS) is 10.5. The Morgan fingerprint density at radius 1 is 0.929 bits per heavy atom. The summed E-state index contributed by atoms with van der Waals surface area (Å²) in [6, 6.07) is 14.8. The van der Waals surface area contributed by atoms with Gasteiger partial charge in [0, 0.05) is 30.7 Å². The minimum atomic E-state index is -0.619. The Morgan fingerprint density at radius 3 is 2.40 bits per heavy atom. The van der Waals surface area contributed by atoms with Crippen LogP contribution in [0, 0.1) is 10.1 Å². The van der Waals surface area contributed by atoms with Crippen LogP contribution in [0.5, 0.6) is 23.0 Å². The summed E-state index contributed by atoms with van der Waals surface area (Å²) in [5.41, 5.74) is 3.22. The first kappa shape index (κ1) is 31.1. The van der Waals surface area contributed by atoms with E-state index in [1.807, 2.05) is 0 Å². The van der Waals surface area contributed by atoms with E-state index < -0.39 is 16.8 Å². The highest BCUT2D eigenvalue weighted by Crippen LogP contribution is 2.31. The largest absolute Gasteiger partial charge is 0.493 e. The highest BCUT2D eigenvalue weighted by Gasteiger charge is 2.16. The van der Waals surface area contributed by atoms with Crippen LogP contribution in [-0.4, -0.2) is 56.3 Å². The van der Waals surface area contributed by atoms with Gasteiger partial charge in [-0.05, 0) is 61.4 Å². The van der Waals surface area contributed by atoms with Crippen molar-refractivity contribution >= 4 is 29.7 Å². The van der Waals surface area contributed by atoms with Gasteiger partial charge in [0.2, 0.25) is 5.91 Å². The zero-order valence-electron chi connectivity index (χ0n) is 23.2. The molecule has 0 fully saturated rings. The number of hydrazone groups is 1. The predicted molar refractivity (Wildman–Crippen MR) is 153 cm³/mol. The van der Waals surface area contributed by atoms with Gasteiger partial charge in [-0.15, -0.1) is 0 Å². The zero-order chi connectivity index (χ0) is 30.5. The third-order valence-electron chi connectivity index (χ3n) is 5.68. The SMILES string of the molecule is CCOc1cc(/C=N/NC(=O)CCCNC(=O)c2cccc([N+](=O)[O-])c2)ccc1OC(=O)c1ccc(OC)c(OC)c1. The van der Waals surface area contributed by atoms with Crippen molar-refractivity contribution in [3.63, 3.8) is 0 Å². The van der Waals surface area contributed by atoms with Gasteiger partial charge in [-0.25, -0.2) is 10.2 Å². The summed E-state index contributed by atoms with van der Waals surface area (Å²) in [7, 11) is 2.96. The minimum Gasteiger partial charge on any atom is -0.493 e. The Morgan fingerprint density at radius 2 is 1.69 bits per heavy atom. The molecule has 0 atom stereocenters. The second kappa shape index (κ2) is 15.4. The Labute approximate surface area is 241 Å². The van der Waals surface area contributed by atoms with Crippen LogP contribution in [-0.2, 0) is 4.79 Å². The molecule has 2 N–H and O–H groups in total. The Kier molecular flexibility index (Phi) is 11.4. The lowest BCUT2D eigenvalue weighted by atomic mass is 10.2. The smallest absolute Gasteiger partial charge is 0.343 e. The molecule has 3 aromatic carbocycles. The number of hydrogen-bond donors (Lipinski definition) is 2. The van der Waals surface area contributed by atoms with E-state index in [4.69, 9.17) is 18.9 Å². The van der Waals surface area contributed by atoms with Crippen LogP contribution in [0.2, 0.25) is 0 Å². The molecule has 0 aromatic heterocycles. The van der Waals surface area contributed by atoms with E-state index in [-0.39, 0.29) is 41.4 Å². The van der Waals surface area contributed by atoms with Crippen molar-refractivity contribution in [1.82, 2.24) is 10.7 Å². The van der Waals surface area contributed by atoms with Gasteiger partial charge in [0.05, 0.1) is 37.5 Å². The number of benzene rings is 3. The van der Waals surface area contributed by atoms with E-state index in [1.54, 1.807) is 37.3 Å². The second-order valence-corrected chi connectivity index (χ2v) is 8.56. The van der Waals surface area contributed by atoms with Crippen molar-refractivity contribution in [1.29, 1.82) is 0 Å². The Bertz CT molecular complexity index is 1470. The number of nitrogens with zero attached hydrogens (tertiary/aromatic N) is 2. The van der Waals surface area contributed by atoms with Gasteiger partial charge in [0.1, 0.15) is 0 Å². The number of ether oxygens (including phenoxy) is 4. The summed E-state index contributed by atoms with van der Waals surface area (Å²) in [4.78, 5) is 47.3. The monoisotopic (exact) mass is 578 g/mol. The van der Waals surface area contributed by atoms with Crippen LogP contribution < -0.4 is 29.7 Å². The van der Waals surface area contributed by atoms with Crippen LogP contribution >= 0.6 is 0 Å². The number of methoxy groups -OCH3 is 2. The van der Waals surface area contributed by atoms with Gasteiger partial charge in [-0.3, -0.25) is 19.7 Å². The van der Waals surface area contributed by atoms with Crippen molar-refractivity contribution in [3.8, 4) is 23.0 Å². The lowest BCUT2D eigenvalue weighted by Gasteiger charge is -2.12. The zero-order valence-corrected chi connectivity index (χ0v) is 23.2. The van der Waals surface area contributed by atoms with Crippen molar-refractivity contribution in [2.45, 2.75) is 19.8 Å². The first-order chi connectivity index (χ1) is 20.2. The number of nitrogens with one attached hydrogen (secondary N) is 2. The molecule has 0 spiro atoms. The number of nitro groups is 1. The summed E-state index contributed by atoms with van der Waals surface area (Å²) in [5, 5.41) is 17.4. The molecule has 42 heavy (non-hydrogen) atoms. The van der Waals surface area contributed by atoms with Gasteiger partial charge in [0.15, 0.2) is 23.0 Å². The van der Waals surface area contributed by atoms with Crippen LogP contribution in [0.1, 0.15) is 46.0 Å². The molecule has 0 unspecified atom stereocenters. The summed E-state index contributed by atoms with van der Waals surface area (Å²) in [5.74, 6) is -0.0974. The Balaban J connectivity index is 1.51. The Hall–Kier alpha value is -5.46. The fourth-order valence-corrected chi connectivity index (χ4v) is 3.63. The number of nitro benzene ring substituents is 1. The van der Waals surface area contributed by atoms with E-state index in [2.05, 4.69) is 15.8 Å². The van der Waals surface area contributed by atoms with Crippen molar-refractivity contribution < 1.29 is 38.3 Å². The average Bonchev–Trinajstić information content (AvgIpc) is 3.00. The number of rotatable bonds is 14. The fraction of sp³-hybridized carbons (Fsp3) is 0.241. The van der Waals surface area contributed by atoms with Gasteiger partial charge in [0.25, 0.3) is 11.6 Å². The number of amides is 2. The van der Waals surface area contributed by atoms with Crippen LogP contribution in [0.15, 0.2) is 65.8 Å². The average molecular weight is 579 g/mol. The van der Waals surface area contributed by atoms with Crippen LogP contribution in [0.25, 0.3) is 0 Å². The molecule has 3 rings (SSSR count). The summed E-state index contributed by atoms with van der Waals surface area (Å²) < 4.78 is 21.6. The third-order valence-corrected chi connectivity index (χ3v) is 5.68. The van der Waals surface area contributed by atoms with E-state index in [1.165, 1.54) is 50.8 Å². The van der Waals surface area contributed by atoms with Gasteiger partial charge in [-0.1, -0.05) is 6.07 Å². The molecule has 13 heteroatoms. The van der Waals surface area contributed by atoms with Crippen molar-refractivity contribution in [2.24, 2.45) is 5.10 Å². The maximum atomic E-state index is 12.7. The number of carbonyl (C=O) groups excluding carboxylic acids is 3. The van der Waals surface area contributed by atoms with Crippen LogP contribution in [0.4, 0.5) is 5.69 Å². The van der Waals surface area contributed by atoms with Gasteiger partial charge < -0.3 is 24.3 Å². The highest BCUT2D eigenvalue weighted by atomic mass is 16.6. The highest BCUT2D eigenvalue weighted by molar-refractivity contribution is 5.95. The summed E-state index contributed by atoms with van der Waals surface area (Å²) in [6.07, 6.45) is 1.82. The minimum absolute atomic E-state index is 0.0851.